The first-order valence-electron chi connectivity index (χ1n) is 3.45. The molecule has 0 radical (unpaired) electrons. The molecule has 0 bridgehead atoms. The summed E-state index contributed by atoms with van der Waals surface area (Å²) in [6.45, 7) is 1.57. The Morgan fingerprint density at radius 3 is 3.00 bits per heavy atom. The van der Waals surface area contributed by atoms with Crippen LogP contribution in [0.25, 0.3) is 0 Å². The van der Waals surface area contributed by atoms with Gasteiger partial charge in [-0.1, -0.05) is 0 Å². The van der Waals surface area contributed by atoms with Crippen LogP contribution in [0.4, 0.5) is 0 Å². The Labute approximate surface area is 64.6 Å². The van der Waals surface area contributed by atoms with Gasteiger partial charge in [0.2, 0.25) is 5.78 Å². The number of hydrogen-bond donors (Lipinski definition) is 1. The minimum atomic E-state index is -0.604. The maximum absolute atomic E-state index is 11.1. The van der Waals surface area contributed by atoms with E-state index in [2.05, 4.69) is 0 Å². The largest absolute Gasteiger partial charge is 0.461 e. The fourth-order valence-corrected chi connectivity index (χ4v) is 0.806. The molecule has 0 amide bonds. The van der Waals surface area contributed by atoms with Gasteiger partial charge in [-0.05, 0) is 19.1 Å². The molecule has 11 heavy (non-hydrogen) atoms. The van der Waals surface area contributed by atoms with Crippen LogP contribution < -0.4 is 0 Å². The van der Waals surface area contributed by atoms with Crippen LogP contribution in [0.3, 0.4) is 0 Å². The van der Waals surface area contributed by atoms with E-state index in [4.69, 9.17) is 9.52 Å². The lowest BCUT2D eigenvalue weighted by Crippen LogP contribution is -2.08. The molecule has 60 valence electrons. The van der Waals surface area contributed by atoms with Gasteiger partial charge < -0.3 is 9.52 Å². The second-order valence-electron chi connectivity index (χ2n) is 2.45. The predicted molar refractivity (Wildman–Crippen MR) is 39.3 cm³/mol. The van der Waals surface area contributed by atoms with Gasteiger partial charge >= 0.3 is 0 Å². The Bertz CT molecular complexity index is 223. The van der Waals surface area contributed by atoms with Crippen molar-refractivity contribution in [3.8, 4) is 0 Å². The van der Waals surface area contributed by atoms with E-state index in [0.717, 1.165) is 0 Å². The molecule has 0 saturated carbocycles. The standard InChI is InChI=1S/C8H10O3/c1-6(9)5-7(10)8-3-2-4-11-8/h2-4,6,9H,5H2,1H3. The SMILES string of the molecule is CC(O)CC(=O)c1ccco1. The molecule has 0 aliphatic rings. The van der Waals surface area contributed by atoms with Crippen molar-refractivity contribution >= 4 is 5.78 Å². The predicted octanol–water partition coefficient (Wildman–Crippen LogP) is 1.23. The van der Waals surface area contributed by atoms with Crippen molar-refractivity contribution in [1.29, 1.82) is 0 Å². The molecule has 1 aromatic heterocycles. The molecule has 0 aliphatic carbocycles. The highest BCUT2D eigenvalue weighted by molar-refractivity contribution is 5.93. The lowest BCUT2D eigenvalue weighted by Gasteiger charge is -1.98. The molecule has 1 unspecified atom stereocenters. The van der Waals surface area contributed by atoms with Crippen molar-refractivity contribution < 1.29 is 14.3 Å². The number of rotatable bonds is 3. The van der Waals surface area contributed by atoms with E-state index in [0.29, 0.717) is 5.76 Å². The third kappa shape index (κ3) is 2.20. The molecule has 1 aromatic rings. The quantitative estimate of drug-likeness (QED) is 0.666. The van der Waals surface area contributed by atoms with E-state index in [9.17, 15) is 4.79 Å². The number of ketones is 1. The average Bonchev–Trinajstić information content (AvgIpc) is 2.35. The van der Waals surface area contributed by atoms with Gasteiger partial charge in [-0.3, -0.25) is 4.79 Å². The van der Waals surface area contributed by atoms with Crippen molar-refractivity contribution in [3.05, 3.63) is 24.2 Å². The molecule has 1 rings (SSSR count). The third-order valence-corrected chi connectivity index (χ3v) is 1.28. The number of carbonyl (C=O) groups excluding carboxylic acids is 1. The number of aliphatic hydroxyl groups is 1. The van der Waals surface area contributed by atoms with Crippen molar-refractivity contribution in [2.45, 2.75) is 19.4 Å². The van der Waals surface area contributed by atoms with E-state index >= 15 is 0 Å². The van der Waals surface area contributed by atoms with E-state index in [1.807, 2.05) is 0 Å². The Hall–Kier alpha value is -1.09. The summed E-state index contributed by atoms with van der Waals surface area (Å²) in [5.74, 6) is 0.149. The number of furan rings is 1. The lowest BCUT2D eigenvalue weighted by molar-refractivity contribution is 0.0874. The number of carbonyl (C=O) groups is 1. The summed E-state index contributed by atoms with van der Waals surface area (Å²) in [7, 11) is 0. The summed E-state index contributed by atoms with van der Waals surface area (Å²) in [6.07, 6.45) is 0.954. The van der Waals surface area contributed by atoms with Gasteiger partial charge in [0.05, 0.1) is 12.4 Å². The van der Waals surface area contributed by atoms with Crippen LogP contribution in [0.15, 0.2) is 22.8 Å². The Morgan fingerprint density at radius 1 is 1.82 bits per heavy atom. The Balaban J connectivity index is 2.57. The van der Waals surface area contributed by atoms with Crippen molar-refractivity contribution in [1.82, 2.24) is 0 Å². The maximum atomic E-state index is 11.1. The lowest BCUT2D eigenvalue weighted by atomic mass is 10.2. The first kappa shape index (κ1) is 8.01. The van der Waals surface area contributed by atoms with Crippen molar-refractivity contribution in [3.63, 3.8) is 0 Å². The Kier molecular flexibility index (Phi) is 2.44. The first-order valence-corrected chi connectivity index (χ1v) is 3.45. The zero-order valence-electron chi connectivity index (χ0n) is 6.28. The van der Waals surface area contributed by atoms with Crippen molar-refractivity contribution in [2.24, 2.45) is 0 Å². The second-order valence-corrected chi connectivity index (χ2v) is 2.45. The number of aliphatic hydroxyl groups excluding tert-OH is 1. The normalized spacial score (nSPS) is 12.9. The molecule has 1 N–H and O–H groups in total. The molecule has 0 aromatic carbocycles. The average molecular weight is 154 g/mol. The van der Waals surface area contributed by atoms with Crippen LogP contribution in [0.2, 0.25) is 0 Å². The molecule has 3 heteroatoms. The summed E-state index contributed by atoms with van der Waals surface area (Å²) < 4.78 is 4.84. The maximum Gasteiger partial charge on any atom is 0.200 e. The van der Waals surface area contributed by atoms with Gasteiger partial charge in [0.15, 0.2) is 5.76 Å². The van der Waals surface area contributed by atoms with Crippen LogP contribution in [-0.4, -0.2) is 17.0 Å². The molecule has 0 fully saturated rings. The molecule has 0 saturated heterocycles. The topological polar surface area (TPSA) is 50.4 Å². The zero-order valence-corrected chi connectivity index (χ0v) is 6.28. The monoisotopic (exact) mass is 154 g/mol. The highest BCUT2D eigenvalue weighted by atomic mass is 16.3. The van der Waals surface area contributed by atoms with E-state index in [1.165, 1.54) is 6.26 Å². The molecule has 1 heterocycles. The van der Waals surface area contributed by atoms with Crippen molar-refractivity contribution in [2.75, 3.05) is 0 Å². The van der Waals surface area contributed by atoms with Crippen LogP contribution in [0.5, 0.6) is 0 Å². The summed E-state index contributed by atoms with van der Waals surface area (Å²) in [4.78, 5) is 11.1. The fourth-order valence-electron chi connectivity index (χ4n) is 0.806. The van der Waals surface area contributed by atoms with Gasteiger partial charge in [-0.2, -0.15) is 0 Å². The molecule has 0 aliphatic heterocycles. The minimum absolute atomic E-state index is 0.119. The number of hydrogen-bond acceptors (Lipinski definition) is 3. The molecular formula is C8H10O3. The van der Waals surface area contributed by atoms with Gasteiger partial charge in [0.1, 0.15) is 0 Å². The van der Waals surface area contributed by atoms with Gasteiger partial charge in [0, 0.05) is 6.42 Å². The van der Waals surface area contributed by atoms with Crippen LogP contribution in [0.1, 0.15) is 23.9 Å². The summed E-state index contributed by atoms with van der Waals surface area (Å²) in [6, 6.07) is 3.24. The van der Waals surface area contributed by atoms with E-state index < -0.39 is 6.10 Å². The van der Waals surface area contributed by atoms with Gasteiger partial charge in [0.25, 0.3) is 0 Å². The minimum Gasteiger partial charge on any atom is -0.461 e. The highest BCUT2D eigenvalue weighted by Crippen LogP contribution is 2.05. The summed E-state index contributed by atoms with van der Waals surface area (Å²) in [5, 5.41) is 8.86. The Morgan fingerprint density at radius 2 is 2.55 bits per heavy atom. The molecule has 1 atom stereocenters. The first-order chi connectivity index (χ1) is 5.20. The molecule has 0 spiro atoms. The van der Waals surface area contributed by atoms with Gasteiger partial charge in [-0.15, -0.1) is 0 Å². The molecule has 3 nitrogen and oxygen atoms in total. The fraction of sp³-hybridized carbons (Fsp3) is 0.375. The van der Waals surface area contributed by atoms with Gasteiger partial charge in [-0.25, -0.2) is 0 Å². The third-order valence-electron chi connectivity index (χ3n) is 1.28. The number of Topliss-reactive ketones (excluding diaryl/α,β-unsaturated/α-hetero) is 1. The van der Waals surface area contributed by atoms with Crippen LogP contribution in [-0.2, 0) is 0 Å². The molecular weight excluding hydrogens is 144 g/mol. The summed E-state index contributed by atoms with van der Waals surface area (Å²) >= 11 is 0. The van der Waals surface area contributed by atoms with Crippen LogP contribution in [0, 0.1) is 0 Å². The van der Waals surface area contributed by atoms with E-state index in [1.54, 1.807) is 19.1 Å². The summed E-state index contributed by atoms with van der Waals surface area (Å²) in [5.41, 5.74) is 0. The van der Waals surface area contributed by atoms with Crippen LogP contribution >= 0.6 is 0 Å². The highest BCUT2D eigenvalue weighted by Gasteiger charge is 2.10. The zero-order chi connectivity index (χ0) is 8.27. The smallest absolute Gasteiger partial charge is 0.200 e. The van der Waals surface area contributed by atoms with E-state index in [-0.39, 0.29) is 12.2 Å². The second kappa shape index (κ2) is 3.34.